The van der Waals surface area contributed by atoms with Crippen LogP contribution >= 0.6 is 11.3 Å². The lowest BCUT2D eigenvalue weighted by atomic mass is 10.2. The molecule has 4 heteroatoms. The highest BCUT2D eigenvalue weighted by molar-refractivity contribution is 7.09. The van der Waals surface area contributed by atoms with E-state index in [1.165, 1.54) is 0 Å². The summed E-state index contributed by atoms with van der Waals surface area (Å²) in [6.45, 7) is 2.14. The van der Waals surface area contributed by atoms with Gasteiger partial charge in [-0.2, -0.15) is 0 Å². The Balaban J connectivity index is 1.87. The minimum Gasteiger partial charge on any atom is -0.481 e. The van der Waals surface area contributed by atoms with E-state index in [1.807, 2.05) is 0 Å². The number of carboxylic acids is 1. The predicted octanol–water partition coefficient (Wildman–Crippen LogP) is 2.36. The molecule has 1 aromatic rings. The molecule has 2 unspecified atom stereocenters. The van der Waals surface area contributed by atoms with Crippen molar-refractivity contribution in [3.05, 3.63) is 16.1 Å². The van der Waals surface area contributed by atoms with Crippen LogP contribution in [0, 0.1) is 11.8 Å². The maximum Gasteiger partial charge on any atom is 0.306 e. The van der Waals surface area contributed by atoms with Gasteiger partial charge in [0, 0.05) is 11.8 Å². The molecule has 0 amide bonds. The summed E-state index contributed by atoms with van der Waals surface area (Å²) in [5.41, 5.74) is 1.16. The van der Waals surface area contributed by atoms with Crippen molar-refractivity contribution >= 4 is 17.3 Å². The van der Waals surface area contributed by atoms with Crippen molar-refractivity contribution < 1.29 is 9.90 Å². The standard InChI is InChI=1S/C11H15NO2S/c1-2-3-8-6-15-10(12-8)5-7-4-9(7)11(13)14/h6-7,9H,2-5H2,1H3,(H,13,14). The second kappa shape index (κ2) is 4.31. The van der Waals surface area contributed by atoms with E-state index >= 15 is 0 Å². The SMILES string of the molecule is CCCc1csc(CC2CC2C(=O)O)n1. The van der Waals surface area contributed by atoms with Gasteiger partial charge in [0.25, 0.3) is 0 Å². The molecular formula is C11H15NO2S. The number of carbonyl (C=O) groups is 1. The monoisotopic (exact) mass is 225 g/mol. The summed E-state index contributed by atoms with van der Waals surface area (Å²) in [5, 5.41) is 12.0. The molecule has 3 nitrogen and oxygen atoms in total. The van der Waals surface area contributed by atoms with Gasteiger partial charge >= 0.3 is 5.97 Å². The van der Waals surface area contributed by atoms with Gasteiger partial charge in [0.1, 0.15) is 0 Å². The van der Waals surface area contributed by atoms with Crippen LogP contribution in [-0.2, 0) is 17.6 Å². The van der Waals surface area contributed by atoms with Gasteiger partial charge in [-0.3, -0.25) is 4.79 Å². The summed E-state index contributed by atoms with van der Waals surface area (Å²) in [6.07, 6.45) is 3.83. The summed E-state index contributed by atoms with van der Waals surface area (Å²) < 4.78 is 0. The van der Waals surface area contributed by atoms with Crippen molar-refractivity contribution in [2.24, 2.45) is 11.8 Å². The normalized spacial score (nSPS) is 24.1. The van der Waals surface area contributed by atoms with Crippen LogP contribution in [-0.4, -0.2) is 16.1 Å². The Hall–Kier alpha value is -0.900. The zero-order valence-corrected chi connectivity index (χ0v) is 9.59. The molecule has 1 heterocycles. The number of thiazole rings is 1. The first-order valence-corrected chi connectivity index (χ1v) is 6.24. The van der Waals surface area contributed by atoms with Crippen LogP contribution in [0.1, 0.15) is 30.5 Å². The Labute approximate surface area is 93.2 Å². The number of aromatic nitrogens is 1. The van der Waals surface area contributed by atoms with Crippen molar-refractivity contribution in [3.63, 3.8) is 0 Å². The second-order valence-electron chi connectivity index (χ2n) is 4.13. The maximum absolute atomic E-state index is 10.7. The average molecular weight is 225 g/mol. The fourth-order valence-corrected chi connectivity index (χ4v) is 2.74. The molecule has 1 aliphatic rings. The van der Waals surface area contributed by atoms with E-state index in [2.05, 4.69) is 17.3 Å². The van der Waals surface area contributed by atoms with E-state index in [0.717, 1.165) is 36.4 Å². The van der Waals surface area contributed by atoms with Crippen molar-refractivity contribution in [2.45, 2.75) is 32.6 Å². The van der Waals surface area contributed by atoms with Crippen LogP contribution in [0.25, 0.3) is 0 Å². The Kier molecular flexibility index (Phi) is 3.05. The van der Waals surface area contributed by atoms with Gasteiger partial charge in [0.2, 0.25) is 0 Å². The minimum atomic E-state index is -0.648. The molecule has 0 bridgehead atoms. The van der Waals surface area contributed by atoms with Crippen molar-refractivity contribution in [2.75, 3.05) is 0 Å². The van der Waals surface area contributed by atoms with E-state index in [9.17, 15) is 4.79 Å². The molecule has 0 saturated heterocycles. The van der Waals surface area contributed by atoms with Crippen molar-refractivity contribution in [1.82, 2.24) is 4.98 Å². The van der Waals surface area contributed by atoms with Gasteiger partial charge in [-0.25, -0.2) is 4.98 Å². The molecule has 2 atom stereocenters. The molecule has 0 spiro atoms. The number of nitrogens with zero attached hydrogens (tertiary/aromatic N) is 1. The summed E-state index contributed by atoms with van der Waals surface area (Å²) in [4.78, 5) is 15.2. The third-order valence-corrected chi connectivity index (χ3v) is 3.70. The van der Waals surface area contributed by atoms with Crippen LogP contribution in [0.3, 0.4) is 0 Å². The van der Waals surface area contributed by atoms with E-state index < -0.39 is 5.97 Å². The summed E-state index contributed by atoms with van der Waals surface area (Å²) in [6, 6.07) is 0. The summed E-state index contributed by atoms with van der Waals surface area (Å²) in [7, 11) is 0. The first-order valence-electron chi connectivity index (χ1n) is 5.36. The predicted molar refractivity (Wildman–Crippen MR) is 59.0 cm³/mol. The molecule has 0 aromatic carbocycles. The lowest BCUT2D eigenvalue weighted by Crippen LogP contribution is -2.01. The quantitative estimate of drug-likeness (QED) is 0.837. The molecular weight excluding hydrogens is 210 g/mol. The smallest absolute Gasteiger partial charge is 0.306 e. The number of carboxylic acid groups (broad SMARTS) is 1. The molecule has 0 radical (unpaired) electrons. The first-order chi connectivity index (χ1) is 7.20. The molecule has 1 aromatic heterocycles. The number of hydrogen-bond acceptors (Lipinski definition) is 3. The van der Waals surface area contributed by atoms with Crippen molar-refractivity contribution in [3.8, 4) is 0 Å². The lowest BCUT2D eigenvalue weighted by Gasteiger charge is -1.93. The first kappa shape index (κ1) is 10.6. The molecule has 1 N–H and O–H groups in total. The third-order valence-electron chi connectivity index (χ3n) is 2.78. The van der Waals surface area contributed by atoms with Gasteiger partial charge in [0.15, 0.2) is 0 Å². The Bertz CT molecular complexity index is 361. The van der Waals surface area contributed by atoms with Crippen LogP contribution < -0.4 is 0 Å². The fourth-order valence-electron chi connectivity index (χ4n) is 1.81. The van der Waals surface area contributed by atoms with Gasteiger partial charge in [0.05, 0.1) is 16.6 Å². The summed E-state index contributed by atoms with van der Waals surface area (Å²) >= 11 is 1.67. The molecule has 0 aliphatic heterocycles. The van der Waals surface area contributed by atoms with Crippen molar-refractivity contribution in [1.29, 1.82) is 0 Å². The topological polar surface area (TPSA) is 50.2 Å². The molecule has 15 heavy (non-hydrogen) atoms. The molecule has 82 valence electrons. The van der Waals surface area contributed by atoms with E-state index in [1.54, 1.807) is 11.3 Å². The van der Waals surface area contributed by atoms with Crippen LogP contribution in [0.4, 0.5) is 0 Å². The zero-order valence-electron chi connectivity index (χ0n) is 8.77. The third kappa shape index (κ3) is 2.56. The second-order valence-corrected chi connectivity index (χ2v) is 5.07. The highest BCUT2D eigenvalue weighted by Crippen LogP contribution is 2.41. The molecule has 1 saturated carbocycles. The van der Waals surface area contributed by atoms with E-state index in [0.29, 0.717) is 5.92 Å². The van der Waals surface area contributed by atoms with Gasteiger partial charge < -0.3 is 5.11 Å². The highest BCUT2D eigenvalue weighted by atomic mass is 32.1. The lowest BCUT2D eigenvalue weighted by molar-refractivity contribution is -0.138. The number of hydrogen-bond donors (Lipinski definition) is 1. The van der Waals surface area contributed by atoms with Gasteiger partial charge in [-0.15, -0.1) is 11.3 Å². The Morgan fingerprint density at radius 3 is 3.13 bits per heavy atom. The van der Waals surface area contributed by atoms with Crippen LogP contribution in [0.15, 0.2) is 5.38 Å². The van der Waals surface area contributed by atoms with Crippen LogP contribution in [0.2, 0.25) is 0 Å². The molecule has 2 rings (SSSR count). The fraction of sp³-hybridized carbons (Fsp3) is 0.636. The minimum absolute atomic E-state index is 0.108. The van der Waals surface area contributed by atoms with Gasteiger partial charge in [-0.1, -0.05) is 13.3 Å². The average Bonchev–Trinajstić information content (AvgIpc) is 2.81. The number of rotatable bonds is 5. The number of aryl methyl sites for hydroxylation is 1. The highest BCUT2D eigenvalue weighted by Gasteiger charge is 2.43. The molecule has 1 aliphatic carbocycles. The summed E-state index contributed by atoms with van der Waals surface area (Å²) in [5.74, 6) is -0.419. The molecule has 1 fully saturated rings. The van der Waals surface area contributed by atoms with E-state index in [4.69, 9.17) is 5.11 Å². The maximum atomic E-state index is 10.7. The zero-order chi connectivity index (χ0) is 10.8. The van der Waals surface area contributed by atoms with Gasteiger partial charge in [-0.05, 0) is 18.8 Å². The van der Waals surface area contributed by atoms with E-state index in [-0.39, 0.29) is 5.92 Å². The largest absolute Gasteiger partial charge is 0.481 e. The number of aliphatic carboxylic acids is 1. The Morgan fingerprint density at radius 1 is 1.73 bits per heavy atom. The van der Waals surface area contributed by atoms with Crippen LogP contribution in [0.5, 0.6) is 0 Å². The Morgan fingerprint density at radius 2 is 2.53 bits per heavy atom.